The largest absolute Gasteiger partial charge is 0.497 e. The van der Waals surface area contributed by atoms with Gasteiger partial charge in [0.15, 0.2) is 5.16 Å². The number of methoxy groups -OCH3 is 2. The topological polar surface area (TPSA) is 83.6 Å². The highest BCUT2D eigenvalue weighted by Gasteiger charge is 2.17. The molecule has 2 aromatic heterocycles. The Morgan fingerprint density at radius 3 is 2.59 bits per heavy atom. The van der Waals surface area contributed by atoms with Crippen molar-refractivity contribution < 1.29 is 18.7 Å². The average Bonchev–Trinajstić information content (AvgIpc) is 3.20. The number of aromatic nitrogens is 2. The monoisotopic (exact) mass is 450 g/mol. The molecule has 7 nitrogen and oxygen atoms in total. The number of fused-ring (bicyclic) bond motifs is 1. The van der Waals surface area contributed by atoms with Gasteiger partial charge in [0, 0.05) is 0 Å². The van der Waals surface area contributed by atoms with Gasteiger partial charge in [0.2, 0.25) is 0 Å². The summed E-state index contributed by atoms with van der Waals surface area (Å²) in [7, 11) is 2.95. The molecular formula is C24H22N2O5S. The minimum atomic E-state index is -0.442. The van der Waals surface area contributed by atoms with E-state index in [1.54, 1.807) is 30.7 Å². The van der Waals surface area contributed by atoms with Crippen LogP contribution in [0.3, 0.4) is 0 Å². The molecule has 0 saturated heterocycles. The normalized spacial score (nSPS) is 11.0. The van der Waals surface area contributed by atoms with E-state index in [2.05, 4.69) is 0 Å². The van der Waals surface area contributed by atoms with Crippen molar-refractivity contribution in [2.45, 2.75) is 24.4 Å². The Balaban J connectivity index is 1.68. The molecule has 0 aliphatic heterocycles. The van der Waals surface area contributed by atoms with Crippen molar-refractivity contribution >= 4 is 28.6 Å². The number of hydrogen-bond acceptors (Lipinski definition) is 7. The van der Waals surface area contributed by atoms with Crippen LogP contribution in [0.15, 0.2) is 69.0 Å². The summed E-state index contributed by atoms with van der Waals surface area (Å²) in [5, 5.41) is 1.13. The van der Waals surface area contributed by atoms with E-state index in [0.29, 0.717) is 45.4 Å². The molecule has 0 saturated carbocycles. The van der Waals surface area contributed by atoms with Crippen LogP contribution in [0.1, 0.15) is 27.4 Å². The number of carbonyl (C=O) groups excluding carboxylic acids is 1. The third-order valence-electron chi connectivity index (χ3n) is 5.04. The molecule has 0 bridgehead atoms. The zero-order valence-corrected chi connectivity index (χ0v) is 18.8. The van der Waals surface area contributed by atoms with Crippen LogP contribution in [0.25, 0.3) is 10.9 Å². The van der Waals surface area contributed by atoms with E-state index >= 15 is 0 Å². The maximum absolute atomic E-state index is 13.3. The Morgan fingerprint density at radius 2 is 1.88 bits per heavy atom. The first-order valence-corrected chi connectivity index (χ1v) is 10.9. The molecule has 0 amide bonds. The summed E-state index contributed by atoms with van der Waals surface area (Å²) in [5.74, 6) is 1.82. The van der Waals surface area contributed by atoms with Crippen molar-refractivity contribution in [1.29, 1.82) is 0 Å². The Kier molecular flexibility index (Phi) is 6.32. The molecule has 0 radical (unpaired) electrons. The van der Waals surface area contributed by atoms with E-state index < -0.39 is 5.97 Å². The molecule has 164 valence electrons. The first-order chi connectivity index (χ1) is 15.5. The average molecular weight is 451 g/mol. The first-order valence-electron chi connectivity index (χ1n) is 9.93. The molecular weight excluding hydrogens is 428 g/mol. The first kappa shape index (κ1) is 21.7. The number of benzene rings is 2. The number of thioether (sulfide) groups is 1. The van der Waals surface area contributed by atoms with E-state index in [1.807, 2.05) is 42.5 Å². The number of esters is 1. The number of aryl methyl sites for hydroxylation is 1. The van der Waals surface area contributed by atoms with Gasteiger partial charge in [0.1, 0.15) is 22.8 Å². The molecule has 2 heterocycles. The third kappa shape index (κ3) is 4.40. The van der Waals surface area contributed by atoms with Gasteiger partial charge in [0.25, 0.3) is 5.56 Å². The van der Waals surface area contributed by atoms with Crippen LogP contribution in [0.5, 0.6) is 5.75 Å². The predicted molar refractivity (Wildman–Crippen MR) is 122 cm³/mol. The third-order valence-corrected chi connectivity index (χ3v) is 6.04. The summed E-state index contributed by atoms with van der Waals surface area (Å²) in [6, 6.07) is 16.5. The molecule has 4 rings (SSSR count). The van der Waals surface area contributed by atoms with Crippen LogP contribution in [0.2, 0.25) is 0 Å². The summed E-state index contributed by atoms with van der Waals surface area (Å²) in [6.07, 6.45) is 0. The summed E-state index contributed by atoms with van der Waals surface area (Å²) in [5.41, 5.74) is 1.87. The molecule has 0 unspecified atom stereocenters. The van der Waals surface area contributed by atoms with E-state index in [9.17, 15) is 9.59 Å². The SMILES string of the molecule is COC(=O)c1cc(CSc2nc3ccccc3c(=O)n2Cc2ccc(OC)cc2)oc1C. The number of hydrogen-bond donors (Lipinski definition) is 0. The lowest BCUT2D eigenvalue weighted by Crippen LogP contribution is -2.24. The van der Waals surface area contributed by atoms with Crippen LogP contribution in [0, 0.1) is 6.92 Å². The fourth-order valence-electron chi connectivity index (χ4n) is 3.37. The Bertz CT molecular complexity index is 1320. The quantitative estimate of drug-likeness (QED) is 0.234. The van der Waals surface area contributed by atoms with Gasteiger partial charge < -0.3 is 13.9 Å². The fourth-order valence-corrected chi connectivity index (χ4v) is 4.25. The van der Waals surface area contributed by atoms with Gasteiger partial charge >= 0.3 is 5.97 Å². The number of ether oxygens (including phenoxy) is 2. The maximum atomic E-state index is 13.3. The second-order valence-electron chi connectivity index (χ2n) is 7.11. The number of furan rings is 1. The van der Waals surface area contributed by atoms with Gasteiger partial charge in [0.05, 0.1) is 37.4 Å². The van der Waals surface area contributed by atoms with Crippen molar-refractivity contribution in [1.82, 2.24) is 9.55 Å². The van der Waals surface area contributed by atoms with Crippen LogP contribution in [-0.2, 0) is 17.0 Å². The van der Waals surface area contributed by atoms with Crippen molar-refractivity contribution in [3.8, 4) is 5.75 Å². The summed E-state index contributed by atoms with van der Waals surface area (Å²) in [6.45, 7) is 2.09. The summed E-state index contributed by atoms with van der Waals surface area (Å²) in [4.78, 5) is 29.9. The molecule has 8 heteroatoms. The number of rotatable bonds is 7. The minimum Gasteiger partial charge on any atom is -0.497 e. The summed E-state index contributed by atoms with van der Waals surface area (Å²) >= 11 is 1.38. The molecule has 0 aliphatic rings. The number of para-hydroxylation sites is 1. The molecule has 0 N–H and O–H groups in total. The minimum absolute atomic E-state index is 0.111. The zero-order valence-electron chi connectivity index (χ0n) is 18.0. The molecule has 0 fully saturated rings. The van der Waals surface area contributed by atoms with Gasteiger partial charge in [-0.3, -0.25) is 9.36 Å². The van der Waals surface area contributed by atoms with Crippen LogP contribution < -0.4 is 10.3 Å². The van der Waals surface area contributed by atoms with Gasteiger partial charge in [-0.1, -0.05) is 36.0 Å². The van der Waals surface area contributed by atoms with Crippen LogP contribution >= 0.6 is 11.8 Å². The molecule has 32 heavy (non-hydrogen) atoms. The zero-order chi connectivity index (χ0) is 22.7. The van der Waals surface area contributed by atoms with Crippen molar-refractivity contribution in [3.05, 3.63) is 87.6 Å². The van der Waals surface area contributed by atoms with Gasteiger partial charge in [-0.15, -0.1) is 0 Å². The number of carbonyl (C=O) groups is 1. The van der Waals surface area contributed by atoms with E-state index in [1.165, 1.54) is 18.9 Å². The Morgan fingerprint density at radius 1 is 1.12 bits per heavy atom. The highest BCUT2D eigenvalue weighted by molar-refractivity contribution is 7.98. The Hall–Kier alpha value is -3.52. The fraction of sp³-hybridized carbons (Fsp3) is 0.208. The standard InChI is InChI=1S/C24H22N2O5S/c1-15-20(23(28)30-3)12-18(31-15)14-32-24-25-21-7-5-4-6-19(21)22(27)26(24)13-16-8-10-17(29-2)11-9-16/h4-12H,13-14H2,1-3H3. The van der Waals surface area contributed by atoms with Crippen molar-refractivity contribution in [2.24, 2.45) is 0 Å². The molecule has 0 spiro atoms. The lowest BCUT2D eigenvalue weighted by atomic mass is 10.2. The lowest BCUT2D eigenvalue weighted by molar-refractivity contribution is 0.0599. The van der Waals surface area contributed by atoms with Crippen LogP contribution in [0.4, 0.5) is 0 Å². The second kappa shape index (κ2) is 9.32. The van der Waals surface area contributed by atoms with Crippen molar-refractivity contribution in [3.63, 3.8) is 0 Å². The number of nitrogens with zero attached hydrogens (tertiary/aromatic N) is 2. The Labute approximate surface area is 189 Å². The molecule has 0 aliphatic carbocycles. The molecule has 4 aromatic rings. The van der Waals surface area contributed by atoms with Gasteiger partial charge in [-0.25, -0.2) is 9.78 Å². The van der Waals surface area contributed by atoms with Crippen molar-refractivity contribution in [2.75, 3.05) is 14.2 Å². The predicted octanol–water partition coefficient (Wildman–Crippen LogP) is 4.43. The van der Waals surface area contributed by atoms with Gasteiger partial charge in [-0.2, -0.15) is 0 Å². The van der Waals surface area contributed by atoms with Gasteiger partial charge in [-0.05, 0) is 42.8 Å². The lowest BCUT2D eigenvalue weighted by Gasteiger charge is -2.13. The van der Waals surface area contributed by atoms with E-state index in [0.717, 1.165) is 11.3 Å². The molecule has 0 atom stereocenters. The highest BCUT2D eigenvalue weighted by Crippen LogP contribution is 2.26. The van der Waals surface area contributed by atoms with E-state index in [-0.39, 0.29) is 5.56 Å². The van der Waals surface area contributed by atoms with E-state index in [4.69, 9.17) is 18.9 Å². The molecule has 2 aromatic carbocycles. The van der Waals surface area contributed by atoms with Crippen LogP contribution in [-0.4, -0.2) is 29.7 Å². The second-order valence-corrected chi connectivity index (χ2v) is 8.06. The highest BCUT2D eigenvalue weighted by atomic mass is 32.2. The maximum Gasteiger partial charge on any atom is 0.341 e. The smallest absolute Gasteiger partial charge is 0.341 e. The summed E-state index contributed by atoms with van der Waals surface area (Å²) < 4.78 is 17.4.